The molecule has 1 unspecified atom stereocenters. The Morgan fingerprint density at radius 1 is 1.00 bits per heavy atom. The molecule has 5 nitrogen and oxygen atoms in total. The van der Waals surface area contributed by atoms with Gasteiger partial charge in [0.25, 0.3) is 0 Å². The van der Waals surface area contributed by atoms with Gasteiger partial charge in [-0.25, -0.2) is 0 Å². The third kappa shape index (κ3) is 7.09. The highest BCUT2D eigenvalue weighted by molar-refractivity contribution is 4.57. The quantitative estimate of drug-likeness (QED) is 0.273. The van der Waals surface area contributed by atoms with E-state index < -0.39 is 0 Å². The number of likely N-dealkylation sites (tertiary alicyclic amines) is 1. The van der Waals surface area contributed by atoms with Gasteiger partial charge >= 0.3 is 0 Å². The fourth-order valence-corrected chi connectivity index (χ4v) is 3.21. The number of hydrogen-bond acceptors (Lipinski definition) is 4. The average molecular weight is 415 g/mol. The van der Waals surface area contributed by atoms with Gasteiger partial charge in [0.05, 0.1) is 39.5 Å². The maximum Gasteiger partial charge on any atom is 0.157 e. The zero-order chi connectivity index (χ0) is 14.1. The number of halogens is 1. The minimum Gasteiger partial charge on any atom is -1.00 e. The molecule has 1 N–H and O–H groups in total. The van der Waals surface area contributed by atoms with Gasteiger partial charge in [0.1, 0.15) is 13.1 Å². The van der Waals surface area contributed by atoms with E-state index >= 15 is 0 Å². The standard InChI is InChI=1S/C15H30NO4.HI/c17-10-14-18-12-8-16(6-2-3-7-16)9-13-20-15-5-1-4-11-19-15;/h15,17H,1-14H2;1H/q+1;/p-1. The van der Waals surface area contributed by atoms with Crippen LogP contribution in [0, 0.1) is 0 Å². The summed E-state index contributed by atoms with van der Waals surface area (Å²) in [6, 6.07) is 0. The molecule has 0 aromatic rings. The molecule has 2 aliphatic heterocycles. The Kier molecular flexibility index (Phi) is 10.4. The van der Waals surface area contributed by atoms with E-state index in [0.717, 1.165) is 43.8 Å². The molecule has 2 saturated heterocycles. The highest BCUT2D eigenvalue weighted by Gasteiger charge is 2.31. The molecule has 0 saturated carbocycles. The lowest BCUT2D eigenvalue weighted by Gasteiger charge is -2.34. The predicted octanol–water partition coefficient (Wildman–Crippen LogP) is -1.85. The van der Waals surface area contributed by atoms with Crippen LogP contribution >= 0.6 is 0 Å². The van der Waals surface area contributed by atoms with Crippen LogP contribution in [0.15, 0.2) is 0 Å². The maximum absolute atomic E-state index is 8.74. The number of ether oxygens (including phenoxy) is 3. The Hall–Kier alpha value is 0.530. The fraction of sp³-hybridized carbons (Fsp3) is 1.00. The number of nitrogens with zero attached hydrogens (tertiary/aromatic N) is 1. The monoisotopic (exact) mass is 415 g/mol. The number of aliphatic hydroxyl groups excluding tert-OH is 1. The molecule has 0 radical (unpaired) electrons. The van der Waals surface area contributed by atoms with Crippen LogP contribution in [0.25, 0.3) is 0 Å². The molecular formula is C15H30INO4. The van der Waals surface area contributed by atoms with Crippen molar-refractivity contribution in [2.75, 3.05) is 59.2 Å². The van der Waals surface area contributed by atoms with Crippen molar-refractivity contribution in [3.05, 3.63) is 0 Å². The molecule has 1 atom stereocenters. The van der Waals surface area contributed by atoms with Gasteiger partial charge in [0.2, 0.25) is 0 Å². The van der Waals surface area contributed by atoms with Crippen LogP contribution < -0.4 is 24.0 Å². The van der Waals surface area contributed by atoms with Crippen LogP contribution in [0.2, 0.25) is 0 Å². The first-order chi connectivity index (χ1) is 9.85. The van der Waals surface area contributed by atoms with Crippen molar-refractivity contribution in [3.63, 3.8) is 0 Å². The number of quaternary nitrogens is 1. The van der Waals surface area contributed by atoms with Crippen LogP contribution in [-0.4, -0.2) is 75.1 Å². The largest absolute Gasteiger partial charge is 1.00 e. The summed E-state index contributed by atoms with van der Waals surface area (Å²) in [5.74, 6) is 0. The number of rotatable bonds is 9. The van der Waals surface area contributed by atoms with Crippen molar-refractivity contribution in [1.29, 1.82) is 0 Å². The van der Waals surface area contributed by atoms with Gasteiger partial charge in [-0.15, -0.1) is 0 Å². The second-order valence-corrected chi connectivity index (χ2v) is 5.95. The molecule has 21 heavy (non-hydrogen) atoms. The second-order valence-electron chi connectivity index (χ2n) is 5.95. The third-order valence-corrected chi connectivity index (χ3v) is 4.47. The average Bonchev–Trinajstić information content (AvgIpc) is 2.94. The van der Waals surface area contributed by atoms with Gasteiger partial charge < -0.3 is 47.8 Å². The fourth-order valence-electron chi connectivity index (χ4n) is 3.21. The first-order valence-electron chi connectivity index (χ1n) is 8.12. The van der Waals surface area contributed by atoms with Crippen LogP contribution in [0.1, 0.15) is 32.1 Å². The highest BCUT2D eigenvalue weighted by atomic mass is 127. The molecule has 2 heterocycles. The molecule has 0 aliphatic carbocycles. The zero-order valence-corrected chi connectivity index (χ0v) is 15.1. The molecule has 0 aromatic carbocycles. The molecule has 6 heteroatoms. The highest BCUT2D eigenvalue weighted by Crippen LogP contribution is 2.20. The van der Waals surface area contributed by atoms with E-state index in [2.05, 4.69) is 0 Å². The van der Waals surface area contributed by atoms with Gasteiger partial charge in [-0.05, 0) is 19.3 Å². The van der Waals surface area contributed by atoms with Crippen molar-refractivity contribution in [3.8, 4) is 0 Å². The molecule has 0 spiro atoms. The minimum atomic E-state index is 0. The molecule has 2 rings (SSSR count). The summed E-state index contributed by atoms with van der Waals surface area (Å²) in [6.45, 7) is 7.49. The normalized spacial score (nSPS) is 24.7. The van der Waals surface area contributed by atoms with Crippen molar-refractivity contribution in [2.24, 2.45) is 0 Å². The second kappa shape index (κ2) is 11.1. The Morgan fingerprint density at radius 2 is 1.76 bits per heavy atom. The van der Waals surface area contributed by atoms with Gasteiger partial charge in [-0.3, -0.25) is 0 Å². The predicted molar refractivity (Wildman–Crippen MR) is 76.4 cm³/mol. The Bertz CT molecular complexity index is 256. The summed E-state index contributed by atoms with van der Waals surface area (Å²) in [5.41, 5.74) is 0. The minimum absolute atomic E-state index is 0. The number of hydrogen-bond donors (Lipinski definition) is 1. The first kappa shape index (κ1) is 19.6. The van der Waals surface area contributed by atoms with Crippen LogP contribution in [-0.2, 0) is 14.2 Å². The Labute approximate surface area is 145 Å². The summed E-state index contributed by atoms with van der Waals surface area (Å²) >= 11 is 0. The van der Waals surface area contributed by atoms with Crippen molar-refractivity contribution >= 4 is 0 Å². The smallest absolute Gasteiger partial charge is 0.157 e. The molecule has 126 valence electrons. The lowest BCUT2D eigenvalue weighted by molar-refractivity contribution is -0.917. The van der Waals surface area contributed by atoms with E-state index in [9.17, 15) is 0 Å². The van der Waals surface area contributed by atoms with E-state index in [1.54, 1.807) is 0 Å². The van der Waals surface area contributed by atoms with Crippen molar-refractivity contribution in [1.82, 2.24) is 0 Å². The first-order valence-corrected chi connectivity index (χ1v) is 8.12. The SMILES string of the molecule is OCCOCC[N+]1(CCOC2CCCCO2)CCCC1.[I-]. The summed E-state index contributed by atoms with van der Waals surface area (Å²) in [4.78, 5) is 0. The molecule has 0 amide bonds. The Morgan fingerprint density at radius 3 is 2.43 bits per heavy atom. The molecule has 2 aliphatic rings. The summed E-state index contributed by atoms with van der Waals surface area (Å²) in [6.07, 6.45) is 6.07. The maximum atomic E-state index is 8.74. The zero-order valence-electron chi connectivity index (χ0n) is 13.0. The topological polar surface area (TPSA) is 47.9 Å². The number of aliphatic hydroxyl groups is 1. The van der Waals surface area contributed by atoms with Crippen molar-refractivity contribution in [2.45, 2.75) is 38.4 Å². The van der Waals surface area contributed by atoms with Gasteiger partial charge in [-0.1, -0.05) is 0 Å². The van der Waals surface area contributed by atoms with E-state index in [1.165, 1.54) is 38.8 Å². The van der Waals surface area contributed by atoms with Crippen LogP contribution in [0.4, 0.5) is 0 Å². The van der Waals surface area contributed by atoms with E-state index in [1.807, 2.05) is 0 Å². The molecule has 2 fully saturated rings. The van der Waals surface area contributed by atoms with Gasteiger partial charge in [0.15, 0.2) is 6.29 Å². The van der Waals surface area contributed by atoms with Crippen molar-refractivity contribution < 1.29 is 47.8 Å². The summed E-state index contributed by atoms with van der Waals surface area (Å²) in [7, 11) is 0. The molecule has 0 bridgehead atoms. The van der Waals surface area contributed by atoms with Gasteiger partial charge in [0, 0.05) is 19.4 Å². The van der Waals surface area contributed by atoms with Gasteiger partial charge in [-0.2, -0.15) is 0 Å². The van der Waals surface area contributed by atoms with E-state index in [0.29, 0.717) is 6.61 Å². The van der Waals surface area contributed by atoms with Crippen LogP contribution in [0.3, 0.4) is 0 Å². The van der Waals surface area contributed by atoms with E-state index in [4.69, 9.17) is 19.3 Å². The third-order valence-electron chi connectivity index (χ3n) is 4.47. The van der Waals surface area contributed by atoms with E-state index in [-0.39, 0.29) is 36.9 Å². The van der Waals surface area contributed by atoms with Crippen LogP contribution in [0.5, 0.6) is 0 Å². The summed E-state index contributed by atoms with van der Waals surface area (Å²) in [5, 5.41) is 8.74. The molecular weight excluding hydrogens is 385 g/mol. The lowest BCUT2D eigenvalue weighted by atomic mass is 10.2. The Balaban J connectivity index is 0.00000220. The summed E-state index contributed by atoms with van der Waals surface area (Å²) < 4.78 is 18.0. The lowest BCUT2D eigenvalue weighted by Crippen LogP contribution is -3.00. The molecule has 0 aromatic heterocycles.